The summed E-state index contributed by atoms with van der Waals surface area (Å²) in [7, 11) is 0. The van der Waals surface area contributed by atoms with Gasteiger partial charge in [-0.05, 0) is 6.92 Å². The molecule has 0 aliphatic heterocycles. The van der Waals surface area contributed by atoms with E-state index in [0.29, 0.717) is 16.0 Å². The summed E-state index contributed by atoms with van der Waals surface area (Å²) in [6, 6.07) is 0. The summed E-state index contributed by atoms with van der Waals surface area (Å²) >= 11 is 11.9. The van der Waals surface area contributed by atoms with E-state index >= 15 is 0 Å². The van der Waals surface area contributed by atoms with Crippen LogP contribution in [0.4, 0.5) is 0 Å². The van der Waals surface area contributed by atoms with Crippen molar-refractivity contribution in [3.8, 4) is 0 Å². The molecule has 0 aromatic carbocycles. The number of hydrogen-bond acceptors (Lipinski definition) is 2. The summed E-state index contributed by atoms with van der Waals surface area (Å²) in [5.41, 5.74) is 2.22. The molecule has 1 radical (unpaired) electrons. The van der Waals surface area contributed by atoms with E-state index in [0.717, 1.165) is 11.1 Å². The molecular formula is C8H6Cl2N3Y-. The molecule has 0 amide bonds. The topological polar surface area (TPSA) is 30.2 Å². The predicted octanol–water partition coefficient (Wildman–Crippen LogP) is 2.45. The largest absolute Gasteiger partial charge is 0.314 e. The third-order valence-electron chi connectivity index (χ3n) is 1.86. The van der Waals surface area contributed by atoms with Crippen molar-refractivity contribution in [2.45, 2.75) is 13.8 Å². The minimum Gasteiger partial charge on any atom is -0.314 e. The Morgan fingerprint density at radius 1 is 1.29 bits per heavy atom. The number of halogens is 2. The first kappa shape index (κ1) is 12.4. The molecule has 0 saturated carbocycles. The van der Waals surface area contributed by atoms with Gasteiger partial charge < -0.3 is 9.50 Å². The number of nitrogens with zero attached hydrogens (tertiary/aromatic N) is 3. The van der Waals surface area contributed by atoms with Gasteiger partial charge in [0.15, 0.2) is 0 Å². The predicted molar refractivity (Wildman–Crippen MR) is 51.3 cm³/mol. The monoisotopic (exact) mass is 303 g/mol. The Morgan fingerprint density at radius 3 is 2.57 bits per heavy atom. The molecule has 0 fully saturated rings. The second-order valence-corrected chi connectivity index (χ2v) is 3.51. The Balaban J connectivity index is 0.000000980. The molecule has 6 heteroatoms. The quantitative estimate of drug-likeness (QED) is 0.553. The molecule has 0 N–H and O–H groups in total. The van der Waals surface area contributed by atoms with Crippen LogP contribution < -0.4 is 0 Å². The molecule has 0 aliphatic rings. The van der Waals surface area contributed by atoms with Gasteiger partial charge in [0.05, 0.1) is 0 Å². The number of fused-ring (bicyclic) bond motifs is 1. The first-order valence-electron chi connectivity index (χ1n) is 3.70. The SMILES string of the molecule is Cc1c(Cl)nc2c(C)[c-]nn2c1Cl.[Y]. The zero-order chi connectivity index (χ0) is 9.59. The van der Waals surface area contributed by atoms with Crippen molar-refractivity contribution in [1.29, 1.82) is 0 Å². The Kier molecular flexibility index (Phi) is 3.92. The normalized spacial score (nSPS) is 10.3. The zero-order valence-electron chi connectivity index (χ0n) is 7.67. The summed E-state index contributed by atoms with van der Waals surface area (Å²) in [5.74, 6) is 0. The van der Waals surface area contributed by atoms with E-state index in [1.54, 1.807) is 6.92 Å². The molecule has 71 valence electrons. The van der Waals surface area contributed by atoms with Crippen LogP contribution in [0.25, 0.3) is 5.65 Å². The maximum atomic E-state index is 6.00. The van der Waals surface area contributed by atoms with Gasteiger partial charge in [0.2, 0.25) is 0 Å². The molecular weight excluding hydrogens is 298 g/mol. The Hall–Kier alpha value is 0.304. The summed E-state index contributed by atoms with van der Waals surface area (Å²) in [4.78, 5) is 4.15. The van der Waals surface area contributed by atoms with Crippen LogP contribution in [-0.2, 0) is 32.7 Å². The average molecular weight is 304 g/mol. The van der Waals surface area contributed by atoms with Crippen molar-refractivity contribution in [2.75, 3.05) is 0 Å². The Bertz CT molecular complexity index is 481. The molecule has 0 unspecified atom stereocenters. The van der Waals surface area contributed by atoms with Gasteiger partial charge in [0, 0.05) is 43.9 Å². The zero-order valence-corrected chi connectivity index (χ0v) is 12.0. The molecule has 14 heavy (non-hydrogen) atoms. The number of rotatable bonds is 0. The summed E-state index contributed by atoms with van der Waals surface area (Å²) in [6.07, 6.45) is 2.78. The molecule has 0 spiro atoms. The van der Waals surface area contributed by atoms with E-state index in [9.17, 15) is 0 Å². The maximum Gasteiger partial charge on any atom is 0.119 e. The van der Waals surface area contributed by atoms with Gasteiger partial charge in [0.25, 0.3) is 0 Å². The molecule has 2 heterocycles. The van der Waals surface area contributed by atoms with Crippen LogP contribution in [0.5, 0.6) is 0 Å². The molecule has 3 nitrogen and oxygen atoms in total. The minimum absolute atomic E-state index is 0. The summed E-state index contributed by atoms with van der Waals surface area (Å²) in [5, 5.41) is 4.86. The first-order chi connectivity index (χ1) is 6.11. The van der Waals surface area contributed by atoms with E-state index < -0.39 is 0 Å². The van der Waals surface area contributed by atoms with Crippen molar-refractivity contribution in [3.05, 3.63) is 27.6 Å². The van der Waals surface area contributed by atoms with E-state index in [1.807, 2.05) is 6.92 Å². The van der Waals surface area contributed by atoms with Crippen molar-refractivity contribution in [1.82, 2.24) is 14.6 Å². The van der Waals surface area contributed by atoms with Crippen molar-refractivity contribution >= 4 is 28.8 Å². The van der Waals surface area contributed by atoms with Crippen LogP contribution >= 0.6 is 23.2 Å². The Morgan fingerprint density at radius 2 is 1.93 bits per heavy atom. The van der Waals surface area contributed by atoms with Crippen LogP contribution in [0.2, 0.25) is 10.3 Å². The molecule has 0 saturated heterocycles. The van der Waals surface area contributed by atoms with Gasteiger partial charge in [-0.25, -0.2) is 0 Å². The second kappa shape index (κ2) is 4.44. The van der Waals surface area contributed by atoms with Gasteiger partial charge in [0.1, 0.15) is 10.3 Å². The third-order valence-corrected chi connectivity index (χ3v) is 2.67. The smallest absolute Gasteiger partial charge is 0.119 e. The standard InChI is InChI=1S/C8H6Cl2N3.Y/c1-4-3-11-13-7(10)5(2)6(9)12-8(4)13;/h1-2H3;/q-1;. The number of aromatic nitrogens is 3. The van der Waals surface area contributed by atoms with E-state index in [2.05, 4.69) is 16.3 Å². The Labute approximate surface area is 117 Å². The van der Waals surface area contributed by atoms with E-state index in [1.165, 1.54) is 4.52 Å². The van der Waals surface area contributed by atoms with E-state index in [4.69, 9.17) is 23.2 Å². The van der Waals surface area contributed by atoms with Crippen LogP contribution in [0.15, 0.2) is 0 Å². The fraction of sp³-hybridized carbons (Fsp3) is 0.250. The van der Waals surface area contributed by atoms with Crippen LogP contribution in [0, 0.1) is 20.0 Å². The molecule has 2 aromatic rings. The third kappa shape index (κ3) is 1.83. The van der Waals surface area contributed by atoms with Crippen LogP contribution in [-0.4, -0.2) is 14.6 Å². The van der Waals surface area contributed by atoms with Gasteiger partial charge in [-0.3, -0.25) is 5.10 Å². The van der Waals surface area contributed by atoms with Gasteiger partial charge in [-0.15, -0.1) is 6.20 Å². The van der Waals surface area contributed by atoms with Crippen molar-refractivity contribution < 1.29 is 32.7 Å². The molecule has 0 aliphatic carbocycles. The fourth-order valence-electron chi connectivity index (χ4n) is 1.07. The first-order valence-corrected chi connectivity index (χ1v) is 4.45. The van der Waals surface area contributed by atoms with Crippen LogP contribution in [0.3, 0.4) is 0 Å². The van der Waals surface area contributed by atoms with Crippen LogP contribution in [0.1, 0.15) is 11.1 Å². The summed E-state index contributed by atoms with van der Waals surface area (Å²) < 4.78 is 1.53. The average Bonchev–Trinajstić information content (AvgIpc) is 2.45. The van der Waals surface area contributed by atoms with Gasteiger partial charge in [-0.1, -0.05) is 30.1 Å². The fourth-order valence-corrected chi connectivity index (χ4v) is 1.50. The number of hydrogen-bond donors (Lipinski definition) is 0. The molecule has 2 aromatic heterocycles. The summed E-state index contributed by atoms with van der Waals surface area (Å²) in [6.45, 7) is 3.66. The van der Waals surface area contributed by atoms with Gasteiger partial charge in [-0.2, -0.15) is 5.56 Å². The molecule has 0 bridgehead atoms. The second-order valence-electron chi connectivity index (χ2n) is 2.79. The minimum atomic E-state index is 0. The maximum absolute atomic E-state index is 6.00. The van der Waals surface area contributed by atoms with Crippen molar-refractivity contribution in [2.24, 2.45) is 0 Å². The molecule has 0 atom stereocenters. The van der Waals surface area contributed by atoms with Gasteiger partial charge >= 0.3 is 0 Å². The van der Waals surface area contributed by atoms with Crippen molar-refractivity contribution in [3.63, 3.8) is 0 Å². The molecule has 2 rings (SSSR count). The number of aryl methyl sites for hydroxylation is 1. The van der Waals surface area contributed by atoms with E-state index in [-0.39, 0.29) is 32.7 Å².